The Morgan fingerprint density at radius 3 is 2.54 bits per heavy atom. The molecule has 3 aromatic heterocycles. The van der Waals surface area contributed by atoms with Gasteiger partial charge in [0.2, 0.25) is 0 Å². The number of aliphatic carboxylic acids is 1. The number of nitrogens with zero attached hydrogens (tertiary/aromatic N) is 5. The summed E-state index contributed by atoms with van der Waals surface area (Å²) in [6, 6.07) is 22.9. The lowest BCUT2D eigenvalue weighted by molar-refractivity contribution is -0.141. The van der Waals surface area contributed by atoms with E-state index in [4.69, 9.17) is 16.6 Å². The van der Waals surface area contributed by atoms with Crippen LogP contribution in [0.3, 0.4) is 0 Å². The zero-order valence-electron chi connectivity index (χ0n) is 26.6. The number of pyridine rings is 2. The van der Waals surface area contributed by atoms with Crippen molar-refractivity contribution in [2.45, 2.75) is 48.7 Å². The molecule has 2 atom stereocenters. The summed E-state index contributed by atoms with van der Waals surface area (Å²) < 4.78 is 2.00. The molecule has 2 aliphatic rings. The van der Waals surface area contributed by atoms with Crippen LogP contribution in [0.5, 0.6) is 0 Å². The molecule has 244 valence electrons. The predicted molar refractivity (Wildman–Crippen MR) is 188 cm³/mol. The van der Waals surface area contributed by atoms with Gasteiger partial charge in [-0.25, -0.2) is 0 Å². The topological polar surface area (TPSA) is 105 Å². The molecule has 0 amide bonds. The summed E-state index contributed by atoms with van der Waals surface area (Å²) in [6.45, 7) is 6.35. The number of aromatic nitrogens is 2. The number of carboxylic acid groups (broad SMARTS) is 1. The van der Waals surface area contributed by atoms with Crippen LogP contribution in [0.2, 0.25) is 5.02 Å². The number of carbonyl (C=O) groups is 1. The van der Waals surface area contributed by atoms with Gasteiger partial charge in [0.15, 0.2) is 0 Å². The fourth-order valence-corrected chi connectivity index (χ4v) is 8.24. The van der Waals surface area contributed by atoms with Gasteiger partial charge in [-0.15, -0.1) is 0 Å². The van der Waals surface area contributed by atoms with Crippen LogP contribution in [-0.4, -0.2) is 67.6 Å². The highest BCUT2D eigenvalue weighted by molar-refractivity contribution is 7.99. The maximum atomic E-state index is 11.4. The van der Waals surface area contributed by atoms with E-state index in [9.17, 15) is 20.3 Å². The van der Waals surface area contributed by atoms with Crippen LogP contribution in [0.15, 0.2) is 89.0 Å². The molecule has 0 saturated carbocycles. The summed E-state index contributed by atoms with van der Waals surface area (Å²) in [5.74, 6) is -1.09. The zero-order valence-corrected chi connectivity index (χ0v) is 28.2. The molecule has 0 aliphatic carbocycles. The number of carboxylic acids is 1. The summed E-state index contributed by atoms with van der Waals surface area (Å²) in [5, 5.41) is 29.9. The molecule has 2 fully saturated rings. The highest BCUT2D eigenvalue weighted by atomic mass is 35.5. The number of hydrogen-bond donors (Lipinski definition) is 2. The Balaban J connectivity index is 1.15. The van der Waals surface area contributed by atoms with Gasteiger partial charge in [0, 0.05) is 72.2 Å². The SMILES string of the molecule is Cc1c(-c2cc3c(C#N)cc(CN4CC[C@@H](C(=O)O)C4)cn3c2)cccc1-c1nccc(Sc2cccc(CN3CC[C@@H](O)C3)c2)c1Cl. The van der Waals surface area contributed by atoms with Gasteiger partial charge in [-0.1, -0.05) is 53.7 Å². The van der Waals surface area contributed by atoms with Gasteiger partial charge in [0.25, 0.3) is 0 Å². The number of rotatable bonds is 9. The summed E-state index contributed by atoms with van der Waals surface area (Å²) in [5.41, 5.74) is 8.30. The van der Waals surface area contributed by atoms with Crippen LogP contribution in [-0.2, 0) is 17.9 Å². The number of aliphatic hydroxyl groups excluding tert-OH is 1. The van der Waals surface area contributed by atoms with Crippen molar-refractivity contribution in [2.75, 3.05) is 26.2 Å². The standard InChI is InChI=1S/C38H36ClN5O3S/c1-24-32(29-16-34-28(17-40)14-26(20-44(34)22-29)19-42-12-9-27(21-42)38(46)47)6-3-7-33(24)37-36(39)35(8-11-41-37)48-31-5-2-4-25(15-31)18-43-13-10-30(45)23-43/h2-8,11,14-16,20,22,27,30,45H,9-10,12-13,18-19,21,23H2,1H3,(H,46,47)/t27-,30-/m1/s1. The summed E-state index contributed by atoms with van der Waals surface area (Å²) in [6.07, 6.45) is 7.12. The number of halogens is 1. The highest BCUT2D eigenvalue weighted by Crippen LogP contribution is 2.41. The van der Waals surface area contributed by atoms with Crippen molar-refractivity contribution >= 4 is 34.8 Å². The number of nitriles is 1. The van der Waals surface area contributed by atoms with Crippen molar-refractivity contribution in [3.8, 4) is 28.5 Å². The smallest absolute Gasteiger partial charge is 0.307 e. The Hall–Kier alpha value is -4.17. The van der Waals surface area contributed by atoms with Crippen LogP contribution in [0, 0.1) is 24.2 Å². The second-order valence-electron chi connectivity index (χ2n) is 12.8. The predicted octanol–water partition coefficient (Wildman–Crippen LogP) is 7.13. The molecule has 2 aromatic carbocycles. The van der Waals surface area contributed by atoms with E-state index in [-0.39, 0.29) is 12.0 Å². The lowest BCUT2D eigenvalue weighted by Gasteiger charge is -2.16. The first-order valence-corrected chi connectivity index (χ1v) is 17.4. The lowest BCUT2D eigenvalue weighted by atomic mass is 9.96. The van der Waals surface area contributed by atoms with Gasteiger partial charge in [0.05, 0.1) is 33.8 Å². The molecular weight excluding hydrogens is 642 g/mol. The molecule has 2 saturated heterocycles. The second kappa shape index (κ2) is 13.7. The number of hydrogen-bond acceptors (Lipinski definition) is 7. The van der Waals surface area contributed by atoms with Crippen molar-refractivity contribution in [1.82, 2.24) is 19.2 Å². The largest absolute Gasteiger partial charge is 0.481 e. The molecule has 0 radical (unpaired) electrons. The average Bonchev–Trinajstić information content (AvgIpc) is 3.82. The molecule has 2 N–H and O–H groups in total. The minimum atomic E-state index is -0.749. The van der Waals surface area contributed by atoms with E-state index >= 15 is 0 Å². The van der Waals surface area contributed by atoms with Crippen molar-refractivity contribution in [1.29, 1.82) is 5.26 Å². The summed E-state index contributed by atoms with van der Waals surface area (Å²) in [4.78, 5) is 22.6. The fourth-order valence-electron chi connectivity index (χ4n) is 6.98. The third-order valence-corrected chi connectivity index (χ3v) is 11.0. The van der Waals surface area contributed by atoms with E-state index in [2.05, 4.69) is 53.1 Å². The molecule has 0 bridgehead atoms. The first kappa shape index (κ1) is 32.4. The van der Waals surface area contributed by atoms with Crippen molar-refractivity contribution in [3.05, 3.63) is 107 Å². The number of β-amino-alcohol motifs (C(OH)–C–C–N with tert-alkyl or cyclic N) is 1. The Morgan fingerprint density at radius 1 is 1.00 bits per heavy atom. The normalized spacial score (nSPS) is 18.5. The Labute approximate surface area is 289 Å². The zero-order chi connectivity index (χ0) is 33.4. The quantitative estimate of drug-likeness (QED) is 0.170. The first-order chi connectivity index (χ1) is 23.2. The first-order valence-electron chi connectivity index (χ1n) is 16.2. The molecule has 10 heteroatoms. The van der Waals surface area contributed by atoms with E-state index in [1.165, 1.54) is 5.56 Å². The molecule has 48 heavy (non-hydrogen) atoms. The maximum Gasteiger partial charge on any atom is 0.307 e. The Bertz CT molecular complexity index is 2060. The van der Waals surface area contributed by atoms with Crippen LogP contribution in [0.1, 0.15) is 35.1 Å². The monoisotopic (exact) mass is 677 g/mol. The fraction of sp³-hybridized carbons (Fsp3) is 0.289. The van der Waals surface area contributed by atoms with E-state index in [0.717, 1.165) is 74.9 Å². The Morgan fingerprint density at radius 2 is 1.77 bits per heavy atom. The Kier molecular flexibility index (Phi) is 9.27. The van der Waals surface area contributed by atoms with Crippen LogP contribution in [0.25, 0.3) is 27.9 Å². The number of likely N-dealkylation sites (tertiary alicyclic amines) is 2. The molecule has 5 heterocycles. The minimum Gasteiger partial charge on any atom is -0.481 e. The van der Waals surface area contributed by atoms with Crippen LogP contribution < -0.4 is 0 Å². The van der Waals surface area contributed by atoms with E-state index in [1.54, 1.807) is 18.0 Å². The summed E-state index contributed by atoms with van der Waals surface area (Å²) >= 11 is 8.69. The van der Waals surface area contributed by atoms with Gasteiger partial charge in [-0.2, -0.15) is 5.26 Å². The van der Waals surface area contributed by atoms with E-state index in [0.29, 0.717) is 36.6 Å². The number of benzene rings is 2. The van der Waals surface area contributed by atoms with Crippen molar-refractivity contribution < 1.29 is 15.0 Å². The van der Waals surface area contributed by atoms with Gasteiger partial charge in [-0.3, -0.25) is 19.6 Å². The van der Waals surface area contributed by atoms with E-state index < -0.39 is 5.97 Å². The third-order valence-electron chi connectivity index (χ3n) is 9.44. The average molecular weight is 678 g/mol. The van der Waals surface area contributed by atoms with Gasteiger partial charge in [-0.05, 0) is 78.9 Å². The molecule has 5 aromatic rings. The van der Waals surface area contributed by atoms with Crippen LogP contribution >= 0.6 is 23.4 Å². The third kappa shape index (κ3) is 6.73. The van der Waals surface area contributed by atoms with Gasteiger partial charge < -0.3 is 14.6 Å². The van der Waals surface area contributed by atoms with Crippen LogP contribution in [0.4, 0.5) is 0 Å². The molecule has 2 aliphatic heterocycles. The molecule has 7 rings (SSSR count). The minimum absolute atomic E-state index is 0.236. The van der Waals surface area contributed by atoms with E-state index in [1.807, 2.05) is 47.1 Å². The van der Waals surface area contributed by atoms with Crippen molar-refractivity contribution in [3.63, 3.8) is 0 Å². The second-order valence-corrected chi connectivity index (χ2v) is 14.3. The maximum absolute atomic E-state index is 11.4. The molecule has 0 unspecified atom stereocenters. The lowest BCUT2D eigenvalue weighted by Crippen LogP contribution is -2.23. The van der Waals surface area contributed by atoms with Gasteiger partial charge >= 0.3 is 5.97 Å². The number of aliphatic hydroxyl groups is 1. The highest BCUT2D eigenvalue weighted by Gasteiger charge is 2.28. The molecule has 0 spiro atoms. The number of fused-ring (bicyclic) bond motifs is 1. The van der Waals surface area contributed by atoms with Gasteiger partial charge in [0.1, 0.15) is 6.07 Å². The summed E-state index contributed by atoms with van der Waals surface area (Å²) in [7, 11) is 0. The van der Waals surface area contributed by atoms with Crippen molar-refractivity contribution in [2.24, 2.45) is 5.92 Å². The molecule has 8 nitrogen and oxygen atoms in total. The molecular formula is C38H36ClN5O3S.